The first kappa shape index (κ1) is 18.4. The topological polar surface area (TPSA) is 49.0 Å². The van der Waals surface area contributed by atoms with Gasteiger partial charge < -0.3 is 24.3 Å². The second-order valence-corrected chi connectivity index (χ2v) is 5.95. The number of hydrogen-bond acceptors (Lipinski definition) is 5. The van der Waals surface area contributed by atoms with Crippen molar-refractivity contribution in [3.05, 3.63) is 40.9 Å². The molecule has 3 rings (SSSR count). The highest BCUT2D eigenvalue weighted by molar-refractivity contribution is 6.33. The Morgan fingerprint density at radius 3 is 2.54 bits per heavy atom. The van der Waals surface area contributed by atoms with Gasteiger partial charge in [-0.2, -0.15) is 8.78 Å². The molecule has 0 bridgehead atoms. The molecule has 0 saturated carbocycles. The van der Waals surface area contributed by atoms with Gasteiger partial charge in [0.1, 0.15) is 0 Å². The summed E-state index contributed by atoms with van der Waals surface area (Å²) in [6.45, 7) is -1.33. The second kappa shape index (κ2) is 8.31. The Morgan fingerprint density at radius 1 is 1.12 bits per heavy atom. The minimum Gasteiger partial charge on any atom is -0.493 e. The van der Waals surface area contributed by atoms with E-state index in [-0.39, 0.29) is 11.5 Å². The number of anilines is 1. The van der Waals surface area contributed by atoms with E-state index in [2.05, 4.69) is 10.1 Å². The minimum atomic E-state index is -2.91. The fourth-order valence-electron chi connectivity index (χ4n) is 2.53. The molecular weight excluding hydrogens is 368 g/mol. The zero-order valence-corrected chi connectivity index (χ0v) is 14.8. The van der Waals surface area contributed by atoms with Crippen molar-refractivity contribution < 1.29 is 27.7 Å². The summed E-state index contributed by atoms with van der Waals surface area (Å²) < 4.78 is 45.5. The van der Waals surface area contributed by atoms with Crippen LogP contribution >= 0.6 is 11.6 Å². The van der Waals surface area contributed by atoms with Crippen LogP contribution in [0.4, 0.5) is 14.5 Å². The lowest BCUT2D eigenvalue weighted by Gasteiger charge is -2.14. The molecule has 5 nitrogen and oxygen atoms in total. The summed E-state index contributed by atoms with van der Waals surface area (Å²) in [5.74, 6) is 1.47. The number of halogens is 3. The molecule has 2 aromatic carbocycles. The number of fused-ring (bicyclic) bond motifs is 1. The van der Waals surface area contributed by atoms with Crippen LogP contribution in [0.25, 0.3) is 0 Å². The molecule has 2 aromatic rings. The molecule has 140 valence electrons. The summed E-state index contributed by atoms with van der Waals surface area (Å²) >= 11 is 6.30. The van der Waals surface area contributed by atoms with Crippen LogP contribution in [-0.4, -0.2) is 26.9 Å². The molecule has 0 aromatic heterocycles. The van der Waals surface area contributed by atoms with E-state index in [1.165, 1.54) is 13.2 Å². The van der Waals surface area contributed by atoms with Gasteiger partial charge in [-0.1, -0.05) is 17.7 Å². The quantitative estimate of drug-likeness (QED) is 0.779. The first-order valence-corrected chi connectivity index (χ1v) is 8.39. The van der Waals surface area contributed by atoms with E-state index in [0.29, 0.717) is 42.0 Å². The molecular formula is C18H18ClF2NO4. The number of methoxy groups -OCH3 is 1. The smallest absolute Gasteiger partial charge is 0.387 e. The largest absolute Gasteiger partial charge is 0.493 e. The summed E-state index contributed by atoms with van der Waals surface area (Å²) in [7, 11) is 1.39. The van der Waals surface area contributed by atoms with E-state index < -0.39 is 6.61 Å². The Labute approximate surface area is 154 Å². The van der Waals surface area contributed by atoms with Crippen molar-refractivity contribution in [3.8, 4) is 23.0 Å². The minimum absolute atomic E-state index is 0.0140. The molecule has 0 spiro atoms. The maximum absolute atomic E-state index is 12.4. The van der Waals surface area contributed by atoms with Gasteiger partial charge in [0.05, 0.1) is 31.0 Å². The van der Waals surface area contributed by atoms with Gasteiger partial charge in [0.15, 0.2) is 23.0 Å². The van der Waals surface area contributed by atoms with E-state index in [9.17, 15) is 8.78 Å². The molecule has 0 aliphatic carbocycles. The van der Waals surface area contributed by atoms with Crippen molar-refractivity contribution in [2.75, 3.05) is 25.6 Å². The number of alkyl halides is 2. The first-order chi connectivity index (χ1) is 12.6. The molecule has 8 heteroatoms. The van der Waals surface area contributed by atoms with Crippen molar-refractivity contribution >= 4 is 17.3 Å². The average Bonchev–Trinajstić information content (AvgIpc) is 2.85. The Hall–Kier alpha value is -2.41. The zero-order chi connectivity index (χ0) is 18.5. The number of rotatable bonds is 6. The molecule has 0 unspecified atom stereocenters. The van der Waals surface area contributed by atoms with Crippen molar-refractivity contribution in [1.82, 2.24) is 0 Å². The van der Waals surface area contributed by atoms with E-state index >= 15 is 0 Å². The molecule has 0 atom stereocenters. The lowest BCUT2D eigenvalue weighted by Crippen LogP contribution is -2.05. The monoisotopic (exact) mass is 385 g/mol. The van der Waals surface area contributed by atoms with Crippen LogP contribution in [0.3, 0.4) is 0 Å². The van der Waals surface area contributed by atoms with Crippen LogP contribution in [0.2, 0.25) is 5.02 Å². The molecule has 1 N–H and O–H groups in total. The van der Waals surface area contributed by atoms with Gasteiger partial charge in [-0.05, 0) is 17.7 Å². The highest BCUT2D eigenvalue weighted by Crippen LogP contribution is 2.38. The van der Waals surface area contributed by atoms with Gasteiger partial charge in [0.25, 0.3) is 0 Å². The normalized spacial score (nSPS) is 13.3. The SMILES string of the molecule is COc1cc(CNc2cc3c(cc2Cl)OCCCO3)ccc1OC(F)F. The van der Waals surface area contributed by atoms with Crippen molar-refractivity contribution in [2.45, 2.75) is 19.6 Å². The fraction of sp³-hybridized carbons (Fsp3) is 0.333. The molecule has 1 aliphatic rings. The fourth-order valence-corrected chi connectivity index (χ4v) is 2.75. The third-order valence-electron chi connectivity index (χ3n) is 3.76. The summed E-state index contributed by atoms with van der Waals surface area (Å²) in [5.41, 5.74) is 1.49. The predicted molar refractivity (Wildman–Crippen MR) is 94.0 cm³/mol. The zero-order valence-electron chi connectivity index (χ0n) is 14.1. The van der Waals surface area contributed by atoms with E-state index in [1.807, 2.05) is 0 Å². The van der Waals surface area contributed by atoms with Crippen LogP contribution in [0.15, 0.2) is 30.3 Å². The van der Waals surface area contributed by atoms with Gasteiger partial charge in [-0.15, -0.1) is 0 Å². The molecule has 26 heavy (non-hydrogen) atoms. The van der Waals surface area contributed by atoms with Crippen molar-refractivity contribution in [1.29, 1.82) is 0 Å². The van der Waals surface area contributed by atoms with Gasteiger partial charge in [-0.25, -0.2) is 0 Å². The van der Waals surface area contributed by atoms with Crippen LogP contribution in [-0.2, 0) is 6.54 Å². The lowest BCUT2D eigenvalue weighted by molar-refractivity contribution is -0.0512. The maximum Gasteiger partial charge on any atom is 0.387 e. The number of nitrogens with one attached hydrogen (secondary N) is 1. The second-order valence-electron chi connectivity index (χ2n) is 5.55. The Balaban J connectivity index is 1.73. The van der Waals surface area contributed by atoms with Crippen molar-refractivity contribution in [2.24, 2.45) is 0 Å². The number of hydrogen-bond donors (Lipinski definition) is 1. The van der Waals surface area contributed by atoms with Gasteiger partial charge in [-0.3, -0.25) is 0 Å². The number of benzene rings is 2. The Kier molecular flexibility index (Phi) is 5.88. The predicted octanol–water partition coefficient (Wildman–Crippen LogP) is 4.72. The van der Waals surface area contributed by atoms with E-state index in [0.717, 1.165) is 12.0 Å². The van der Waals surface area contributed by atoms with Gasteiger partial charge >= 0.3 is 6.61 Å². The summed E-state index contributed by atoms with van der Waals surface area (Å²) in [4.78, 5) is 0. The Bertz CT molecular complexity index is 773. The molecule has 0 radical (unpaired) electrons. The molecule has 1 heterocycles. The molecule has 0 saturated heterocycles. The van der Waals surface area contributed by atoms with Crippen LogP contribution in [0.5, 0.6) is 23.0 Å². The summed E-state index contributed by atoms with van der Waals surface area (Å²) in [5, 5.41) is 3.70. The standard InChI is InChI=1S/C18H18ClF2NO4/c1-23-15-7-11(3-4-14(15)26-18(20)21)10-22-13-9-17-16(8-12(13)19)24-5-2-6-25-17/h3-4,7-9,18,22H,2,5-6,10H2,1H3. The van der Waals surface area contributed by atoms with Crippen molar-refractivity contribution in [3.63, 3.8) is 0 Å². The van der Waals surface area contributed by atoms with E-state index in [4.69, 9.17) is 25.8 Å². The molecule has 1 aliphatic heterocycles. The lowest BCUT2D eigenvalue weighted by atomic mass is 10.2. The third kappa shape index (κ3) is 4.40. The van der Waals surface area contributed by atoms with Gasteiger partial charge in [0.2, 0.25) is 0 Å². The van der Waals surface area contributed by atoms with Crippen LogP contribution in [0, 0.1) is 0 Å². The summed E-state index contributed by atoms with van der Waals surface area (Å²) in [6.07, 6.45) is 0.807. The first-order valence-electron chi connectivity index (χ1n) is 8.01. The van der Waals surface area contributed by atoms with E-state index in [1.54, 1.807) is 24.3 Å². The average molecular weight is 386 g/mol. The highest BCUT2D eigenvalue weighted by Gasteiger charge is 2.15. The number of ether oxygens (including phenoxy) is 4. The summed E-state index contributed by atoms with van der Waals surface area (Å²) in [6, 6.07) is 8.24. The third-order valence-corrected chi connectivity index (χ3v) is 4.08. The van der Waals surface area contributed by atoms with Crippen LogP contribution < -0.4 is 24.3 Å². The van der Waals surface area contributed by atoms with Gasteiger partial charge in [0, 0.05) is 25.1 Å². The maximum atomic E-state index is 12.4. The highest BCUT2D eigenvalue weighted by atomic mass is 35.5. The molecule has 0 fully saturated rings. The Morgan fingerprint density at radius 2 is 1.85 bits per heavy atom. The molecule has 0 amide bonds. The van der Waals surface area contributed by atoms with Crippen LogP contribution in [0.1, 0.15) is 12.0 Å².